The number of nitrogens with one attached hydrogen (secondary N) is 1. The number of carbonyl (C=O) groups excluding carboxylic acids is 2. The van der Waals surface area contributed by atoms with Crippen molar-refractivity contribution in [2.75, 3.05) is 32.8 Å². The highest BCUT2D eigenvalue weighted by atomic mass is 32.2. The van der Waals surface area contributed by atoms with E-state index < -0.39 is 10.0 Å². The lowest BCUT2D eigenvalue weighted by molar-refractivity contribution is -0.910. The largest absolute Gasteiger partial charge is 0.315 e. The lowest BCUT2D eigenvalue weighted by atomic mass is 9.81. The van der Waals surface area contributed by atoms with Crippen LogP contribution in [0.3, 0.4) is 0 Å². The molecule has 2 heterocycles. The molecule has 8 heteroatoms. The Morgan fingerprint density at radius 3 is 2.10 bits per heavy atom. The Bertz CT molecular complexity index is 898. The van der Waals surface area contributed by atoms with Crippen LogP contribution in [0.15, 0.2) is 23.1 Å². The van der Waals surface area contributed by atoms with Crippen LogP contribution < -0.4 is 4.90 Å². The van der Waals surface area contributed by atoms with E-state index >= 15 is 0 Å². The number of carbonyl (C=O) groups is 2. The molecular formula is C21H30N3O4S+. The van der Waals surface area contributed by atoms with Crippen molar-refractivity contribution in [1.82, 2.24) is 9.21 Å². The first-order valence-electron chi connectivity index (χ1n) is 10.6. The van der Waals surface area contributed by atoms with Gasteiger partial charge in [-0.1, -0.05) is 18.9 Å². The standard InChI is InChI=1S/C21H29N3O4S/c1-15-7-8-17(13-16(15)2)29(27,28)23-11-9-22(10-12-23)14-24-20(25)18-5-3-4-6-19(18)21(24)26/h7-8,13,18-19H,3-6,9-12,14H2,1-2H3/p+1/t18-,19-/m1/s1. The number of amides is 2. The molecule has 0 bridgehead atoms. The Morgan fingerprint density at radius 2 is 1.55 bits per heavy atom. The van der Waals surface area contributed by atoms with Crippen LogP contribution >= 0.6 is 0 Å². The fourth-order valence-electron chi connectivity index (χ4n) is 4.83. The molecule has 3 fully saturated rings. The van der Waals surface area contributed by atoms with Crippen LogP contribution in [0.1, 0.15) is 36.8 Å². The number of hydrogen-bond donors (Lipinski definition) is 1. The molecule has 7 nitrogen and oxygen atoms in total. The Morgan fingerprint density at radius 1 is 0.966 bits per heavy atom. The van der Waals surface area contributed by atoms with E-state index in [-0.39, 0.29) is 23.7 Å². The number of likely N-dealkylation sites (tertiary alicyclic amines) is 1. The summed E-state index contributed by atoms with van der Waals surface area (Å²) >= 11 is 0. The monoisotopic (exact) mass is 420 g/mol. The molecule has 1 N–H and O–H groups in total. The van der Waals surface area contributed by atoms with Crippen LogP contribution in [0, 0.1) is 25.7 Å². The second kappa shape index (κ2) is 7.81. The summed E-state index contributed by atoms with van der Waals surface area (Å²) in [6, 6.07) is 5.24. The van der Waals surface area contributed by atoms with Crippen LogP contribution in [0.2, 0.25) is 0 Å². The molecule has 0 aromatic heterocycles. The van der Waals surface area contributed by atoms with Crippen molar-refractivity contribution in [3.8, 4) is 0 Å². The number of fused-ring (bicyclic) bond motifs is 1. The number of sulfonamides is 1. The molecule has 158 valence electrons. The summed E-state index contributed by atoms with van der Waals surface area (Å²) in [5, 5.41) is 0. The van der Waals surface area contributed by atoms with Gasteiger partial charge in [-0.05, 0) is 49.9 Å². The average Bonchev–Trinajstić information content (AvgIpc) is 2.95. The normalized spacial score (nSPS) is 26.8. The average molecular weight is 421 g/mol. The Balaban J connectivity index is 1.39. The maximum atomic E-state index is 13.0. The fraction of sp³-hybridized carbons (Fsp3) is 0.619. The molecule has 0 unspecified atom stereocenters. The van der Waals surface area contributed by atoms with Crippen LogP contribution in [0.5, 0.6) is 0 Å². The Hall–Kier alpha value is -1.77. The summed E-state index contributed by atoms with van der Waals surface area (Å²) in [6.45, 7) is 6.22. The van der Waals surface area contributed by atoms with Gasteiger partial charge in [0.05, 0.1) is 42.9 Å². The van der Waals surface area contributed by atoms with Gasteiger partial charge < -0.3 is 4.90 Å². The number of imide groups is 1. The first kappa shape index (κ1) is 20.5. The minimum Gasteiger partial charge on any atom is -0.315 e. The van der Waals surface area contributed by atoms with Gasteiger partial charge in [0.15, 0.2) is 6.67 Å². The van der Waals surface area contributed by atoms with Crippen molar-refractivity contribution < 1.29 is 22.9 Å². The quantitative estimate of drug-likeness (QED) is 0.712. The molecule has 1 saturated carbocycles. The first-order valence-corrected chi connectivity index (χ1v) is 12.0. The minimum absolute atomic E-state index is 0.0163. The summed E-state index contributed by atoms with van der Waals surface area (Å²) in [5.41, 5.74) is 2.03. The van der Waals surface area contributed by atoms with Crippen LogP contribution in [-0.2, 0) is 19.6 Å². The number of rotatable bonds is 4. The third kappa shape index (κ3) is 3.73. The van der Waals surface area contributed by atoms with Gasteiger partial charge in [0.25, 0.3) is 0 Å². The van der Waals surface area contributed by atoms with Gasteiger partial charge in [0.1, 0.15) is 0 Å². The maximum absolute atomic E-state index is 13.0. The van der Waals surface area contributed by atoms with Gasteiger partial charge in [0.2, 0.25) is 21.8 Å². The molecule has 0 spiro atoms. The van der Waals surface area contributed by atoms with Crippen molar-refractivity contribution in [1.29, 1.82) is 0 Å². The van der Waals surface area contributed by atoms with Crippen LogP contribution in [0.4, 0.5) is 0 Å². The van der Waals surface area contributed by atoms with Gasteiger partial charge >= 0.3 is 0 Å². The molecule has 2 aliphatic heterocycles. The predicted molar refractivity (Wildman–Crippen MR) is 108 cm³/mol. The number of nitrogens with zero attached hydrogens (tertiary/aromatic N) is 2. The molecule has 2 amide bonds. The lowest BCUT2D eigenvalue weighted by Crippen LogP contribution is -3.16. The zero-order chi connectivity index (χ0) is 20.8. The molecular weight excluding hydrogens is 390 g/mol. The fourth-order valence-corrected chi connectivity index (χ4v) is 6.36. The highest BCUT2D eigenvalue weighted by Gasteiger charge is 2.49. The lowest BCUT2D eigenvalue weighted by Gasteiger charge is -2.33. The van der Waals surface area contributed by atoms with E-state index in [1.807, 2.05) is 19.9 Å². The zero-order valence-corrected chi connectivity index (χ0v) is 18.0. The van der Waals surface area contributed by atoms with Crippen LogP contribution in [0.25, 0.3) is 0 Å². The van der Waals surface area contributed by atoms with Crippen molar-refractivity contribution in [3.63, 3.8) is 0 Å². The van der Waals surface area contributed by atoms with E-state index in [2.05, 4.69) is 0 Å². The van der Waals surface area contributed by atoms with Crippen molar-refractivity contribution >= 4 is 21.8 Å². The molecule has 0 radical (unpaired) electrons. The van der Waals surface area contributed by atoms with Gasteiger partial charge in [-0.15, -0.1) is 0 Å². The van der Waals surface area contributed by atoms with E-state index in [1.165, 1.54) is 9.21 Å². The first-order chi connectivity index (χ1) is 13.8. The third-order valence-electron chi connectivity index (χ3n) is 6.86. The van der Waals surface area contributed by atoms with E-state index in [0.29, 0.717) is 37.7 Å². The third-order valence-corrected chi connectivity index (χ3v) is 8.75. The van der Waals surface area contributed by atoms with Gasteiger partial charge in [-0.2, -0.15) is 4.31 Å². The van der Waals surface area contributed by atoms with Crippen LogP contribution in [-0.4, -0.2) is 62.3 Å². The number of quaternary nitrogens is 1. The Kier molecular flexibility index (Phi) is 5.52. The second-order valence-corrected chi connectivity index (χ2v) is 10.6. The van der Waals surface area contributed by atoms with Gasteiger partial charge in [-0.25, -0.2) is 13.3 Å². The molecule has 2 atom stereocenters. The number of piperazine rings is 1. The van der Waals surface area contributed by atoms with Crippen molar-refractivity contribution in [3.05, 3.63) is 29.3 Å². The van der Waals surface area contributed by atoms with E-state index in [1.54, 1.807) is 12.1 Å². The number of benzene rings is 1. The molecule has 3 aliphatic rings. The summed E-state index contributed by atoms with van der Waals surface area (Å²) in [5.74, 6) is -0.279. The maximum Gasteiger partial charge on any atom is 0.243 e. The van der Waals surface area contributed by atoms with Crippen molar-refractivity contribution in [2.24, 2.45) is 11.8 Å². The topological polar surface area (TPSA) is 79.2 Å². The molecule has 1 aromatic rings. The summed E-state index contributed by atoms with van der Waals surface area (Å²) in [7, 11) is -3.52. The molecule has 1 aliphatic carbocycles. The number of aryl methyl sites for hydroxylation is 2. The van der Waals surface area contributed by atoms with Crippen molar-refractivity contribution in [2.45, 2.75) is 44.4 Å². The molecule has 29 heavy (non-hydrogen) atoms. The van der Waals surface area contributed by atoms with E-state index in [9.17, 15) is 18.0 Å². The zero-order valence-electron chi connectivity index (χ0n) is 17.2. The highest BCUT2D eigenvalue weighted by molar-refractivity contribution is 7.89. The van der Waals surface area contributed by atoms with E-state index in [4.69, 9.17) is 0 Å². The Labute approximate surface area is 172 Å². The SMILES string of the molecule is Cc1ccc(S(=O)(=O)N2CC[NH+](CN3C(=O)[C@@H]4CCCC[C@H]4C3=O)CC2)cc1C. The summed E-state index contributed by atoms with van der Waals surface area (Å²) in [4.78, 5) is 28.2. The highest BCUT2D eigenvalue weighted by Crippen LogP contribution is 2.37. The summed E-state index contributed by atoms with van der Waals surface area (Å²) < 4.78 is 27.5. The van der Waals surface area contributed by atoms with Gasteiger partial charge in [-0.3, -0.25) is 9.59 Å². The molecule has 1 aromatic carbocycles. The molecule has 4 rings (SSSR count). The number of hydrogen-bond acceptors (Lipinski definition) is 4. The predicted octanol–water partition coefficient (Wildman–Crippen LogP) is 0.325. The summed E-state index contributed by atoms with van der Waals surface area (Å²) in [6.07, 6.45) is 3.69. The second-order valence-electron chi connectivity index (χ2n) is 8.66. The smallest absolute Gasteiger partial charge is 0.243 e. The van der Waals surface area contributed by atoms with E-state index in [0.717, 1.165) is 41.7 Å². The minimum atomic E-state index is -3.52. The van der Waals surface area contributed by atoms with Gasteiger partial charge in [0, 0.05) is 0 Å². The molecule has 2 saturated heterocycles.